The second kappa shape index (κ2) is 4.61. The zero-order valence-corrected chi connectivity index (χ0v) is 8.72. The third kappa shape index (κ3) is 1.95. The fraction of sp³-hybridized carbons (Fsp3) is 0.0714. The van der Waals surface area contributed by atoms with E-state index in [1.165, 1.54) is 0 Å². The number of aliphatic hydroxyl groups excluding tert-OH is 1. The van der Waals surface area contributed by atoms with Gasteiger partial charge in [0.2, 0.25) is 0 Å². The Hall–Kier alpha value is -2.11. The van der Waals surface area contributed by atoms with Gasteiger partial charge >= 0.3 is 0 Å². The zero-order valence-electron chi connectivity index (χ0n) is 8.72. The van der Waals surface area contributed by atoms with Crippen molar-refractivity contribution in [2.45, 2.75) is 0 Å². The molecule has 1 N–H and O–H groups in total. The molecule has 2 aromatic rings. The molecule has 0 aliphatic rings. The largest absolute Gasteiger partial charge is 0.391 e. The van der Waals surface area contributed by atoms with E-state index in [9.17, 15) is 0 Å². The number of aliphatic hydroxyl groups is 1. The highest BCUT2D eigenvalue weighted by Gasteiger charge is 1.99. The van der Waals surface area contributed by atoms with Gasteiger partial charge in [-0.2, -0.15) is 5.26 Å². The van der Waals surface area contributed by atoms with E-state index in [4.69, 9.17) is 10.4 Å². The van der Waals surface area contributed by atoms with E-state index >= 15 is 0 Å². The van der Waals surface area contributed by atoms with Crippen LogP contribution in [0, 0.1) is 11.3 Å². The molecule has 0 unspecified atom stereocenters. The maximum atomic E-state index is 8.97. The third-order valence-electron chi connectivity index (χ3n) is 2.47. The molecule has 2 heteroatoms. The summed E-state index contributed by atoms with van der Waals surface area (Å²) in [5.41, 5.74) is 1.33. The molecule has 0 aromatic heterocycles. The van der Waals surface area contributed by atoms with Gasteiger partial charge in [-0.25, -0.2) is 0 Å². The molecule has 0 aliphatic carbocycles. The van der Waals surface area contributed by atoms with Crippen molar-refractivity contribution in [2.24, 2.45) is 0 Å². The minimum Gasteiger partial charge on any atom is -0.391 e. The van der Waals surface area contributed by atoms with Gasteiger partial charge in [-0.1, -0.05) is 42.5 Å². The van der Waals surface area contributed by atoms with E-state index in [0.717, 1.165) is 16.3 Å². The topological polar surface area (TPSA) is 44.0 Å². The summed E-state index contributed by atoms with van der Waals surface area (Å²) < 4.78 is 0. The highest BCUT2D eigenvalue weighted by molar-refractivity contribution is 5.91. The molecule has 0 atom stereocenters. The molecule has 0 heterocycles. The summed E-state index contributed by atoms with van der Waals surface area (Å²) in [7, 11) is 0. The van der Waals surface area contributed by atoms with Crippen LogP contribution in [0.1, 0.15) is 5.56 Å². The van der Waals surface area contributed by atoms with Crippen LogP contribution in [0.3, 0.4) is 0 Å². The molecule has 0 fully saturated rings. The standard InChI is InChI=1S/C14H11NO/c15-9-11(10-16)8-13-6-3-5-12-4-1-2-7-14(12)13/h1-8,16H,10H2/b11-8+. The molecule has 0 saturated carbocycles. The van der Waals surface area contributed by atoms with Crippen LogP contribution in [-0.4, -0.2) is 11.7 Å². The average Bonchev–Trinajstić information content (AvgIpc) is 2.36. The van der Waals surface area contributed by atoms with Crippen LogP contribution in [-0.2, 0) is 0 Å². The summed E-state index contributed by atoms with van der Waals surface area (Å²) in [5.74, 6) is 0. The molecule has 0 bridgehead atoms. The third-order valence-corrected chi connectivity index (χ3v) is 2.47. The smallest absolute Gasteiger partial charge is 0.0971 e. The number of hydrogen-bond donors (Lipinski definition) is 1. The van der Waals surface area contributed by atoms with Gasteiger partial charge in [0.1, 0.15) is 0 Å². The lowest BCUT2D eigenvalue weighted by Gasteiger charge is -2.02. The average molecular weight is 209 g/mol. The van der Waals surface area contributed by atoms with Crippen LogP contribution in [0.5, 0.6) is 0 Å². The Morgan fingerprint density at radius 1 is 1.19 bits per heavy atom. The zero-order chi connectivity index (χ0) is 11.4. The fourth-order valence-electron chi connectivity index (χ4n) is 1.68. The highest BCUT2D eigenvalue weighted by atomic mass is 16.3. The fourth-order valence-corrected chi connectivity index (χ4v) is 1.68. The van der Waals surface area contributed by atoms with Gasteiger partial charge in [-0.05, 0) is 22.4 Å². The van der Waals surface area contributed by atoms with Crippen LogP contribution in [0.15, 0.2) is 48.0 Å². The van der Waals surface area contributed by atoms with E-state index < -0.39 is 0 Å². The lowest BCUT2D eigenvalue weighted by molar-refractivity contribution is 0.337. The van der Waals surface area contributed by atoms with Gasteiger partial charge in [0.15, 0.2) is 0 Å². The molecule has 0 spiro atoms. The Balaban J connectivity index is 2.62. The predicted octanol–water partition coefficient (Wildman–Crippen LogP) is 2.74. The van der Waals surface area contributed by atoms with Gasteiger partial charge in [0.05, 0.1) is 18.2 Å². The molecular formula is C14H11NO. The Morgan fingerprint density at radius 3 is 2.69 bits per heavy atom. The van der Waals surface area contributed by atoms with Crippen LogP contribution < -0.4 is 0 Å². The van der Waals surface area contributed by atoms with Crippen LogP contribution in [0.4, 0.5) is 0 Å². The minimum absolute atomic E-state index is 0.222. The number of rotatable bonds is 2. The molecule has 2 aromatic carbocycles. The quantitative estimate of drug-likeness (QED) is 0.773. The molecule has 78 valence electrons. The van der Waals surface area contributed by atoms with Crippen molar-refractivity contribution in [3.63, 3.8) is 0 Å². The van der Waals surface area contributed by atoms with Crippen molar-refractivity contribution in [3.8, 4) is 6.07 Å². The Kier molecular flexibility index (Phi) is 3.00. The predicted molar refractivity (Wildman–Crippen MR) is 64.6 cm³/mol. The van der Waals surface area contributed by atoms with Crippen molar-refractivity contribution in [3.05, 3.63) is 53.6 Å². The molecule has 0 saturated heterocycles. The maximum absolute atomic E-state index is 8.97. The van der Waals surface area contributed by atoms with Gasteiger partial charge < -0.3 is 5.11 Å². The summed E-state index contributed by atoms with van der Waals surface area (Å²) in [6.07, 6.45) is 1.72. The lowest BCUT2D eigenvalue weighted by atomic mass is 10.0. The summed E-state index contributed by atoms with van der Waals surface area (Å²) in [6, 6.07) is 15.9. The molecule has 2 rings (SSSR count). The van der Waals surface area contributed by atoms with Crippen molar-refractivity contribution < 1.29 is 5.11 Å². The van der Waals surface area contributed by atoms with Crippen molar-refractivity contribution in [1.29, 1.82) is 5.26 Å². The summed E-state index contributed by atoms with van der Waals surface area (Å²) in [4.78, 5) is 0. The van der Waals surface area contributed by atoms with Crippen LogP contribution >= 0.6 is 0 Å². The van der Waals surface area contributed by atoms with Gasteiger partial charge in [-0.15, -0.1) is 0 Å². The first-order valence-corrected chi connectivity index (χ1v) is 5.04. The molecular weight excluding hydrogens is 198 g/mol. The van der Waals surface area contributed by atoms with Crippen molar-refractivity contribution in [1.82, 2.24) is 0 Å². The Labute approximate surface area is 94.1 Å². The Bertz CT molecular complexity index is 573. The molecule has 2 nitrogen and oxygen atoms in total. The summed E-state index contributed by atoms with van der Waals surface area (Å²) >= 11 is 0. The lowest BCUT2D eigenvalue weighted by Crippen LogP contribution is -1.87. The van der Waals surface area contributed by atoms with Gasteiger partial charge in [0, 0.05) is 0 Å². The van der Waals surface area contributed by atoms with Gasteiger partial charge in [-0.3, -0.25) is 0 Å². The molecule has 0 amide bonds. The molecule has 16 heavy (non-hydrogen) atoms. The van der Waals surface area contributed by atoms with E-state index in [0.29, 0.717) is 5.57 Å². The maximum Gasteiger partial charge on any atom is 0.0971 e. The highest BCUT2D eigenvalue weighted by Crippen LogP contribution is 2.20. The first kappa shape index (κ1) is 10.4. The first-order chi connectivity index (χ1) is 7.85. The first-order valence-electron chi connectivity index (χ1n) is 5.04. The minimum atomic E-state index is -0.222. The monoisotopic (exact) mass is 209 g/mol. The van der Waals surface area contributed by atoms with Crippen LogP contribution in [0.25, 0.3) is 16.8 Å². The van der Waals surface area contributed by atoms with Crippen molar-refractivity contribution in [2.75, 3.05) is 6.61 Å². The number of nitrogens with zero attached hydrogens (tertiary/aromatic N) is 1. The summed E-state index contributed by atoms with van der Waals surface area (Å²) in [6.45, 7) is -0.222. The summed E-state index contributed by atoms with van der Waals surface area (Å²) in [5, 5.41) is 20.0. The molecule has 0 aliphatic heterocycles. The number of hydrogen-bond acceptors (Lipinski definition) is 2. The second-order valence-electron chi connectivity index (χ2n) is 3.51. The van der Waals surface area contributed by atoms with E-state index in [1.54, 1.807) is 6.08 Å². The second-order valence-corrected chi connectivity index (χ2v) is 3.51. The van der Waals surface area contributed by atoms with E-state index in [-0.39, 0.29) is 6.61 Å². The van der Waals surface area contributed by atoms with E-state index in [2.05, 4.69) is 0 Å². The SMILES string of the molecule is N#C/C(=C\c1cccc2ccccc12)CO. The van der Waals surface area contributed by atoms with Crippen LogP contribution in [0.2, 0.25) is 0 Å². The van der Waals surface area contributed by atoms with E-state index in [1.807, 2.05) is 48.5 Å². The van der Waals surface area contributed by atoms with Crippen molar-refractivity contribution >= 4 is 16.8 Å². The molecule has 0 radical (unpaired) electrons. The number of nitriles is 1. The number of benzene rings is 2. The number of fused-ring (bicyclic) bond motifs is 1. The normalized spacial score (nSPS) is 11.4. The van der Waals surface area contributed by atoms with Gasteiger partial charge in [0.25, 0.3) is 0 Å². The Morgan fingerprint density at radius 2 is 1.94 bits per heavy atom.